The summed E-state index contributed by atoms with van der Waals surface area (Å²) in [6.45, 7) is 1.12. The summed E-state index contributed by atoms with van der Waals surface area (Å²) in [4.78, 5) is 26.0. The quantitative estimate of drug-likeness (QED) is 0.541. The number of aryl methyl sites for hydroxylation is 1. The number of para-hydroxylation sites is 1. The molecular formula is C22H21N5O4. The predicted octanol–water partition coefficient (Wildman–Crippen LogP) is 2.31. The number of carbonyl (C=O) groups is 2. The van der Waals surface area contributed by atoms with Crippen LogP contribution in [0.1, 0.15) is 40.3 Å². The van der Waals surface area contributed by atoms with Crippen molar-refractivity contribution in [3.8, 4) is 17.9 Å². The first-order valence-electron chi connectivity index (χ1n) is 9.74. The summed E-state index contributed by atoms with van der Waals surface area (Å²) in [5.41, 5.74) is 4.37. The summed E-state index contributed by atoms with van der Waals surface area (Å²) in [6.07, 6.45) is 1.99. The summed E-state index contributed by atoms with van der Waals surface area (Å²) in [6, 6.07) is 12.7. The summed E-state index contributed by atoms with van der Waals surface area (Å²) in [5, 5.41) is 22.1. The lowest BCUT2D eigenvalue weighted by Gasteiger charge is -2.14. The highest BCUT2D eigenvalue weighted by molar-refractivity contribution is 6.06. The lowest BCUT2D eigenvalue weighted by Crippen LogP contribution is -2.32. The van der Waals surface area contributed by atoms with Gasteiger partial charge in [0.05, 0.1) is 17.9 Å². The molecule has 2 amide bonds. The van der Waals surface area contributed by atoms with Gasteiger partial charge in [-0.3, -0.25) is 9.59 Å². The molecule has 0 unspecified atom stereocenters. The van der Waals surface area contributed by atoms with Crippen molar-refractivity contribution >= 4 is 17.5 Å². The Morgan fingerprint density at radius 2 is 1.90 bits per heavy atom. The first-order valence-corrected chi connectivity index (χ1v) is 9.74. The van der Waals surface area contributed by atoms with Crippen molar-refractivity contribution < 1.29 is 18.7 Å². The SMILES string of the molecule is Cc1c(C(=O)N(CC#N)CC#N)oc2c1/C(=N/NC(=O)COc1ccccc1)CCC2. The van der Waals surface area contributed by atoms with Crippen LogP contribution in [0.5, 0.6) is 5.75 Å². The minimum Gasteiger partial charge on any atom is -0.484 e. The summed E-state index contributed by atoms with van der Waals surface area (Å²) in [7, 11) is 0. The number of amides is 2. The topological polar surface area (TPSA) is 132 Å². The van der Waals surface area contributed by atoms with Gasteiger partial charge >= 0.3 is 0 Å². The number of hydrogen-bond donors (Lipinski definition) is 1. The average molecular weight is 419 g/mol. The Morgan fingerprint density at radius 1 is 1.19 bits per heavy atom. The minimum absolute atomic E-state index is 0.0869. The van der Waals surface area contributed by atoms with Gasteiger partial charge in [0, 0.05) is 17.5 Å². The molecule has 1 aromatic carbocycles. The number of nitriles is 2. The Kier molecular flexibility index (Phi) is 7.02. The second-order valence-electron chi connectivity index (χ2n) is 6.88. The summed E-state index contributed by atoms with van der Waals surface area (Å²) >= 11 is 0. The first-order chi connectivity index (χ1) is 15.0. The molecule has 3 rings (SSSR count). The van der Waals surface area contributed by atoms with Crippen LogP contribution in [0.3, 0.4) is 0 Å². The highest BCUT2D eigenvalue weighted by Crippen LogP contribution is 2.30. The fraction of sp³-hybridized carbons (Fsp3) is 0.318. The van der Waals surface area contributed by atoms with E-state index in [2.05, 4.69) is 10.5 Å². The Bertz CT molecular complexity index is 1060. The second kappa shape index (κ2) is 10.1. The fourth-order valence-corrected chi connectivity index (χ4v) is 3.33. The Hall–Kier alpha value is -4.11. The fourth-order valence-electron chi connectivity index (χ4n) is 3.33. The minimum atomic E-state index is -0.519. The molecule has 1 N–H and O–H groups in total. The largest absolute Gasteiger partial charge is 0.484 e. The van der Waals surface area contributed by atoms with Crippen molar-refractivity contribution in [2.75, 3.05) is 19.7 Å². The lowest BCUT2D eigenvalue weighted by atomic mass is 9.93. The maximum Gasteiger partial charge on any atom is 0.291 e. The molecular weight excluding hydrogens is 398 g/mol. The van der Waals surface area contributed by atoms with Gasteiger partial charge in [-0.25, -0.2) is 5.43 Å². The van der Waals surface area contributed by atoms with Crippen LogP contribution < -0.4 is 10.2 Å². The Morgan fingerprint density at radius 3 is 2.58 bits per heavy atom. The van der Waals surface area contributed by atoms with E-state index in [1.807, 2.05) is 30.3 Å². The van der Waals surface area contributed by atoms with E-state index in [4.69, 9.17) is 19.7 Å². The van der Waals surface area contributed by atoms with Crippen LogP contribution in [-0.4, -0.2) is 42.1 Å². The molecule has 0 saturated heterocycles. The molecule has 1 aliphatic rings. The molecule has 0 atom stereocenters. The van der Waals surface area contributed by atoms with Crippen molar-refractivity contribution in [1.29, 1.82) is 10.5 Å². The maximum absolute atomic E-state index is 12.8. The Labute approximate surface area is 179 Å². The summed E-state index contributed by atoms with van der Waals surface area (Å²) < 4.78 is 11.2. The van der Waals surface area contributed by atoms with E-state index < -0.39 is 11.8 Å². The number of furan rings is 1. The normalized spacial score (nSPS) is 13.6. The number of nitrogens with one attached hydrogen (secondary N) is 1. The molecule has 31 heavy (non-hydrogen) atoms. The average Bonchev–Trinajstić information content (AvgIpc) is 3.13. The van der Waals surface area contributed by atoms with E-state index >= 15 is 0 Å². The van der Waals surface area contributed by atoms with Crippen molar-refractivity contribution in [2.45, 2.75) is 26.2 Å². The number of ether oxygens (including phenoxy) is 1. The monoisotopic (exact) mass is 419 g/mol. The molecule has 9 nitrogen and oxygen atoms in total. The molecule has 1 aromatic heterocycles. The molecule has 1 aliphatic carbocycles. The van der Waals surface area contributed by atoms with Gasteiger partial charge in [-0.05, 0) is 31.9 Å². The number of hydrazone groups is 1. The predicted molar refractivity (Wildman–Crippen MR) is 110 cm³/mol. The lowest BCUT2D eigenvalue weighted by molar-refractivity contribution is -0.123. The second-order valence-corrected chi connectivity index (χ2v) is 6.88. The zero-order valence-corrected chi connectivity index (χ0v) is 17.1. The van der Waals surface area contributed by atoms with Crippen LogP contribution in [-0.2, 0) is 11.2 Å². The van der Waals surface area contributed by atoms with E-state index in [-0.39, 0.29) is 25.5 Å². The van der Waals surface area contributed by atoms with E-state index in [0.717, 1.165) is 11.3 Å². The van der Waals surface area contributed by atoms with Crippen molar-refractivity contribution in [1.82, 2.24) is 10.3 Å². The highest BCUT2D eigenvalue weighted by Gasteiger charge is 2.30. The van der Waals surface area contributed by atoms with E-state index in [1.165, 1.54) is 0 Å². The van der Waals surface area contributed by atoms with Gasteiger partial charge in [0.15, 0.2) is 12.4 Å². The standard InChI is InChI=1S/C22H21N5O4/c1-15-20-17(25-26-19(28)14-30-16-6-3-2-4-7-16)8-5-9-18(20)31-21(15)22(29)27(12-10-23)13-11-24/h2-4,6-7H,5,8-9,12-14H2,1H3,(H,26,28)/b25-17+. The zero-order valence-electron chi connectivity index (χ0n) is 17.1. The van der Waals surface area contributed by atoms with Crippen molar-refractivity contribution in [2.24, 2.45) is 5.10 Å². The maximum atomic E-state index is 12.8. The van der Waals surface area contributed by atoms with E-state index in [0.29, 0.717) is 41.2 Å². The van der Waals surface area contributed by atoms with Gasteiger partial charge in [-0.1, -0.05) is 18.2 Å². The number of rotatable bonds is 7. The van der Waals surface area contributed by atoms with Crippen LogP contribution >= 0.6 is 0 Å². The number of fused-ring (bicyclic) bond motifs is 1. The zero-order chi connectivity index (χ0) is 22.2. The molecule has 2 aromatic rings. The third-order valence-electron chi connectivity index (χ3n) is 4.76. The third-order valence-corrected chi connectivity index (χ3v) is 4.76. The van der Waals surface area contributed by atoms with Crippen molar-refractivity contribution in [3.05, 3.63) is 53.0 Å². The molecule has 0 spiro atoms. The molecule has 0 fully saturated rings. The van der Waals surface area contributed by atoms with Crippen LogP contribution in [0, 0.1) is 29.6 Å². The van der Waals surface area contributed by atoms with E-state index in [9.17, 15) is 9.59 Å². The smallest absolute Gasteiger partial charge is 0.291 e. The number of benzene rings is 1. The first kappa shape index (κ1) is 21.6. The van der Waals surface area contributed by atoms with Crippen LogP contribution in [0.2, 0.25) is 0 Å². The molecule has 0 saturated carbocycles. The Balaban J connectivity index is 1.74. The molecule has 158 valence electrons. The van der Waals surface area contributed by atoms with Crippen LogP contribution in [0.4, 0.5) is 0 Å². The van der Waals surface area contributed by atoms with Gasteiger partial charge in [0.2, 0.25) is 0 Å². The van der Waals surface area contributed by atoms with Gasteiger partial charge in [0.25, 0.3) is 11.8 Å². The van der Waals surface area contributed by atoms with Crippen LogP contribution in [0.15, 0.2) is 39.9 Å². The molecule has 1 heterocycles. The van der Waals surface area contributed by atoms with Gasteiger partial charge < -0.3 is 14.1 Å². The molecule has 0 radical (unpaired) electrons. The van der Waals surface area contributed by atoms with Crippen molar-refractivity contribution in [3.63, 3.8) is 0 Å². The molecule has 9 heteroatoms. The number of hydrogen-bond acceptors (Lipinski definition) is 7. The molecule has 0 bridgehead atoms. The number of carbonyl (C=O) groups excluding carboxylic acids is 2. The van der Waals surface area contributed by atoms with E-state index in [1.54, 1.807) is 19.1 Å². The molecule has 0 aliphatic heterocycles. The van der Waals surface area contributed by atoms with Crippen LogP contribution in [0.25, 0.3) is 0 Å². The highest BCUT2D eigenvalue weighted by atomic mass is 16.5. The third kappa shape index (κ3) is 5.09. The summed E-state index contributed by atoms with van der Waals surface area (Å²) in [5.74, 6) is 0.349. The number of nitrogens with zero attached hydrogens (tertiary/aromatic N) is 4. The van der Waals surface area contributed by atoms with Gasteiger partial charge in [-0.2, -0.15) is 15.6 Å². The van der Waals surface area contributed by atoms with Gasteiger partial charge in [0.1, 0.15) is 24.6 Å². The van der Waals surface area contributed by atoms with Gasteiger partial charge in [-0.15, -0.1) is 0 Å².